The predicted octanol–water partition coefficient (Wildman–Crippen LogP) is 1.37. The van der Waals surface area contributed by atoms with Crippen molar-refractivity contribution in [3.63, 3.8) is 0 Å². The Kier molecular flexibility index (Phi) is 2.56. The molecule has 78 valence electrons. The molecule has 2 N–H and O–H groups in total. The molecule has 0 radical (unpaired) electrons. The molecule has 15 heavy (non-hydrogen) atoms. The number of hydrogen-bond donors (Lipinski definition) is 2. The van der Waals surface area contributed by atoms with Gasteiger partial charge in [0.1, 0.15) is 0 Å². The number of aliphatic hydroxyl groups is 1. The minimum atomic E-state index is -0.0441. The lowest BCUT2D eigenvalue weighted by molar-refractivity contribution is 0.299. The Bertz CT molecular complexity index is 543. The first-order valence-corrected chi connectivity index (χ1v) is 4.94. The van der Waals surface area contributed by atoms with Crippen LogP contribution in [0.1, 0.15) is 11.1 Å². The van der Waals surface area contributed by atoms with Crippen molar-refractivity contribution in [2.45, 2.75) is 13.3 Å². The number of fused-ring (bicyclic) bond motifs is 1. The molecule has 3 heteroatoms. The van der Waals surface area contributed by atoms with Crippen LogP contribution in [-0.4, -0.2) is 16.7 Å². The highest BCUT2D eigenvalue weighted by molar-refractivity contribution is 5.79. The van der Waals surface area contributed by atoms with Crippen LogP contribution in [0, 0.1) is 6.92 Å². The second-order valence-corrected chi connectivity index (χ2v) is 3.68. The van der Waals surface area contributed by atoms with Gasteiger partial charge in [-0.2, -0.15) is 0 Å². The van der Waals surface area contributed by atoms with Crippen molar-refractivity contribution >= 4 is 10.9 Å². The van der Waals surface area contributed by atoms with Crippen molar-refractivity contribution in [1.82, 2.24) is 4.98 Å². The molecule has 2 aromatic rings. The average molecular weight is 203 g/mol. The summed E-state index contributed by atoms with van der Waals surface area (Å²) in [5.74, 6) is 0. The molecule has 0 saturated carbocycles. The van der Waals surface area contributed by atoms with Crippen molar-refractivity contribution in [3.8, 4) is 0 Å². The number of aromatic amines is 1. The van der Waals surface area contributed by atoms with E-state index in [0.29, 0.717) is 12.0 Å². The molecule has 0 aliphatic carbocycles. The number of benzene rings is 1. The van der Waals surface area contributed by atoms with Crippen LogP contribution in [-0.2, 0) is 6.42 Å². The van der Waals surface area contributed by atoms with Gasteiger partial charge in [-0.1, -0.05) is 6.07 Å². The number of aryl methyl sites for hydroxylation is 1. The van der Waals surface area contributed by atoms with Crippen LogP contribution < -0.4 is 5.56 Å². The van der Waals surface area contributed by atoms with Crippen LogP contribution in [0.5, 0.6) is 0 Å². The molecule has 1 aromatic heterocycles. The van der Waals surface area contributed by atoms with Crippen LogP contribution in [0.25, 0.3) is 10.9 Å². The summed E-state index contributed by atoms with van der Waals surface area (Å²) in [6.07, 6.45) is 0.647. The van der Waals surface area contributed by atoms with E-state index in [1.54, 1.807) is 6.92 Å². The fourth-order valence-electron chi connectivity index (χ4n) is 1.65. The van der Waals surface area contributed by atoms with E-state index in [2.05, 4.69) is 4.98 Å². The number of hydrogen-bond acceptors (Lipinski definition) is 2. The SMILES string of the molecule is Cc1cc2cc(CCO)ccc2[nH]c1=O. The highest BCUT2D eigenvalue weighted by Crippen LogP contribution is 2.13. The summed E-state index contributed by atoms with van der Waals surface area (Å²) in [4.78, 5) is 14.2. The average Bonchev–Trinajstić information content (AvgIpc) is 2.21. The second kappa shape index (κ2) is 3.87. The summed E-state index contributed by atoms with van der Waals surface area (Å²) in [5, 5.41) is 9.84. The fourth-order valence-corrected chi connectivity index (χ4v) is 1.65. The van der Waals surface area contributed by atoms with E-state index in [1.807, 2.05) is 24.3 Å². The number of aliphatic hydroxyl groups excluding tert-OH is 1. The number of pyridine rings is 1. The molecule has 0 amide bonds. The van der Waals surface area contributed by atoms with Gasteiger partial charge < -0.3 is 10.1 Å². The third-order valence-corrected chi connectivity index (χ3v) is 2.49. The zero-order valence-electron chi connectivity index (χ0n) is 8.58. The van der Waals surface area contributed by atoms with Crippen LogP contribution in [0.4, 0.5) is 0 Å². The monoisotopic (exact) mass is 203 g/mol. The minimum Gasteiger partial charge on any atom is -0.396 e. The molecule has 0 unspecified atom stereocenters. The Labute approximate surface area is 87.4 Å². The summed E-state index contributed by atoms with van der Waals surface area (Å²) >= 11 is 0. The molecule has 0 atom stereocenters. The molecule has 0 spiro atoms. The molecular weight excluding hydrogens is 190 g/mol. The molecular formula is C12H13NO2. The lowest BCUT2D eigenvalue weighted by Crippen LogP contribution is -2.08. The van der Waals surface area contributed by atoms with E-state index in [4.69, 9.17) is 5.11 Å². The van der Waals surface area contributed by atoms with E-state index in [-0.39, 0.29) is 12.2 Å². The van der Waals surface area contributed by atoms with Crippen molar-refractivity contribution in [2.24, 2.45) is 0 Å². The standard InChI is InChI=1S/C12H13NO2/c1-8-6-10-7-9(4-5-14)2-3-11(10)13-12(8)15/h2-3,6-7,14H,4-5H2,1H3,(H,13,15). The van der Waals surface area contributed by atoms with Crippen molar-refractivity contribution in [2.75, 3.05) is 6.61 Å². The van der Waals surface area contributed by atoms with Gasteiger partial charge in [0.2, 0.25) is 0 Å². The van der Waals surface area contributed by atoms with Gasteiger partial charge >= 0.3 is 0 Å². The van der Waals surface area contributed by atoms with Crippen LogP contribution >= 0.6 is 0 Å². The first kappa shape index (κ1) is 9.93. The summed E-state index contributed by atoms with van der Waals surface area (Å²) in [5.41, 5.74) is 2.59. The van der Waals surface area contributed by atoms with Gasteiger partial charge in [-0.3, -0.25) is 4.79 Å². The smallest absolute Gasteiger partial charge is 0.251 e. The first-order valence-electron chi connectivity index (χ1n) is 4.94. The number of aromatic nitrogens is 1. The summed E-state index contributed by atoms with van der Waals surface area (Å²) < 4.78 is 0. The van der Waals surface area contributed by atoms with Crippen LogP contribution in [0.15, 0.2) is 29.1 Å². The maximum atomic E-state index is 11.3. The topological polar surface area (TPSA) is 53.1 Å². The molecule has 2 rings (SSSR count). The van der Waals surface area contributed by atoms with Gasteiger partial charge in [0.05, 0.1) is 0 Å². The third-order valence-electron chi connectivity index (χ3n) is 2.49. The fraction of sp³-hybridized carbons (Fsp3) is 0.250. The molecule has 1 heterocycles. The maximum Gasteiger partial charge on any atom is 0.251 e. The zero-order valence-corrected chi connectivity index (χ0v) is 8.58. The molecule has 0 fully saturated rings. The summed E-state index contributed by atoms with van der Waals surface area (Å²) in [6.45, 7) is 1.94. The highest BCUT2D eigenvalue weighted by atomic mass is 16.2. The van der Waals surface area contributed by atoms with E-state index < -0.39 is 0 Å². The summed E-state index contributed by atoms with van der Waals surface area (Å²) in [7, 11) is 0. The Morgan fingerprint density at radius 1 is 1.33 bits per heavy atom. The molecule has 3 nitrogen and oxygen atoms in total. The summed E-state index contributed by atoms with van der Waals surface area (Å²) in [6, 6.07) is 7.66. The van der Waals surface area contributed by atoms with Crippen molar-refractivity contribution in [3.05, 3.63) is 45.7 Å². The molecule has 1 aromatic carbocycles. The van der Waals surface area contributed by atoms with E-state index in [9.17, 15) is 4.79 Å². The molecule has 0 aliphatic rings. The minimum absolute atomic E-state index is 0.0441. The van der Waals surface area contributed by atoms with Crippen molar-refractivity contribution in [1.29, 1.82) is 0 Å². The predicted molar refractivity (Wildman–Crippen MR) is 60.1 cm³/mol. The van der Waals surface area contributed by atoms with Gasteiger partial charge in [-0.25, -0.2) is 0 Å². The van der Waals surface area contributed by atoms with E-state index in [1.165, 1.54) is 0 Å². The largest absolute Gasteiger partial charge is 0.396 e. The first-order chi connectivity index (χ1) is 7.20. The van der Waals surface area contributed by atoms with Gasteiger partial charge in [-0.15, -0.1) is 0 Å². The van der Waals surface area contributed by atoms with Crippen LogP contribution in [0.2, 0.25) is 0 Å². The Balaban J connectivity index is 2.61. The lowest BCUT2D eigenvalue weighted by Gasteiger charge is -2.02. The van der Waals surface area contributed by atoms with Crippen molar-refractivity contribution < 1.29 is 5.11 Å². The second-order valence-electron chi connectivity index (χ2n) is 3.68. The normalized spacial score (nSPS) is 10.8. The molecule has 0 aliphatic heterocycles. The van der Waals surface area contributed by atoms with E-state index in [0.717, 1.165) is 16.5 Å². The molecule has 0 saturated heterocycles. The van der Waals surface area contributed by atoms with E-state index >= 15 is 0 Å². The third kappa shape index (κ3) is 1.92. The Morgan fingerprint density at radius 2 is 2.13 bits per heavy atom. The zero-order chi connectivity index (χ0) is 10.8. The Morgan fingerprint density at radius 3 is 2.87 bits per heavy atom. The van der Waals surface area contributed by atoms with Gasteiger partial charge in [0.15, 0.2) is 0 Å². The molecule has 0 bridgehead atoms. The number of nitrogens with one attached hydrogen (secondary N) is 1. The number of rotatable bonds is 2. The van der Waals surface area contributed by atoms with Gasteiger partial charge in [-0.05, 0) is 42.5 Å². The van der Waals surface area contributed by atoms with Gasteiger partial charge in [0, 0.05) is 17.7 Å². The lowest BCUT2D eigenvalue weighted by atomic mass is 10.1. The quantitative estimate of drug-likeness (QED) is 0.774. The van der Waals surface area contributed by atoms with Gasteiger partial charge in [0.25, 0.3) is 5.56 Å². The number of H-pyrrole nitrogens is 1. The van der Waals surface area contributed by atoms with Crippen LogP contribution in [0.3, 0.4) is 0 Å². The highest BCUT2D eigenvalue weighted by Gasteiger charge is 1.99. The Hall–Kier alpha value is -1.61. The maximum absolute atomic E-state index is 11.3.